The van der Waals surface area contributed by atoms with Crippen LogP contribution in [-0.4, -0.2) is 36.9 Å². The monoisotopic (exact) mass is 336 g/mol. The number of hydrogen-bond donors (Lipinski definition) is 2. The third kappa shape index (κ3) is 3.84. The number of carboxylic acid groups (broad SMARTS) is 1. The number of nitrogens with zero attached hydrogens (tertiary/aromatic N) is 1. The van der Waals surface area contributed by atoms with Gasteiger partial charge in [-0.1, -0.05) is 11.6 Å². The number of anilines is 1. The van der Waals surface area contributed by atoms with E-state index in [1.165, 1.54) is 12.1 Å². The molecular weight excluding hydrogens is 323 g/mol. The predicted octanol–water partition coefficient (Wildman–Crippen LogP) is 1.93. The Morgan fingerprint density at radius 3 is 2.52 bits per heavy atom. The lowest BCUT2D eigenvalue weighted by Gasteiger charge is -2.29. The zero-order chi connectivity index (χ0) is 15.6. The number of piperidine rings is 1. The summed E-state index contributed by atoms with van der Waals surface area (Å²) < 4.78 is 41.1. The van der Waals surface area contributed by atoms with Gasteiger partial charge in [-0.05, 0) is 31.0 Å². The summed E-state index contributed by atoms with van der Waals surface area (Å²) in [4.78, 5) is 10.8. The Morgan fingerprint density at radius 1 is 1.38 bits per heavy atom. The van der Waals surface area contributed by atoms with Crippen LogP contribution in [0.15, 0.2) is 18.2 Å². The summed E-state index contributed by atoms with van der Waals surface area (Å²) in [6.45, 7) is 0.170. The fraction of sp³-hybridized carbons (Fsp3) is 0.417. The van der Waals surface area contributed by atoms with Crippen LogP contribution in [0.1, 0.15) is 12.8 Å². The third-order valence-electron chi connectivity index (χ3n) is 3.31. The van der Waals surface area contributed by atoms with Crippen molar-refractivity contribution in [1.82, 2.24) is 4.31 Å². The molecule has 0 aromatic heterocycles. The number of carbonyl (C=O) groups is 1. The summed E-state index contributed by atoms with van der Waals surface area (Å²) in [5.41, 5.74) is -0.195. The van der Waals surface area contributed by atoms with Gasteiger partial charge in [0.05, 0.1) is 11.6 Å². The van der Waals surface area contributed by atoms with Crippen molar-refractivity contribution in [3.63, 3.8) is 0 Å². The van der Waals surface area contributed by atoms with E-state index in [0.29, 0.717) is 0 Å². The van der Waals surface area contributed by atoms with Gasteiger partial charge >= 0.3 is 16.2 Å². The molecule has 1 aliphatic rings. The van der Waals surface area contributed by atoms with Gasteiger partial charge in [0.25, 0.3) is 0 Å². The molecule has 1 aromatic carbocycles. The maximum atomic E-state index is 13.6. The Hall–Kier alpha value is -1.38. The van der Waals surface area contributed by atoms with Gasteiger partial charge < -0.3 is 5.11 Å². The standard InChI is InChI=1S/C12H14ClFN2O4S/c13-9-1-2-11(10(14)7-9)15-21(19,20)16-5-3-8(4-6-16)12(17)18/h1-2,7-8,15H,3-6H2,(H,17,18). The van der Waals surface area contributed by atoms with E-state index >= 15 is 0 Å². The van der Waals surface area contributed by atoms with Crippen LogP contribution in [0.25, 0.3) is 0 Å². The van der Waals surface area contributed by atoms with Gasteiger partial charge in [-0.25, -0.2) is 4.39 Å². The first-order valence-electron chi connectivity index (χ1n) is 6.25. The van der Waals surface area contributed by atoms with E-state index in [-0.39, 0.29) is 36.6 Å². The smallest absolute Gasteiger partial charge is 0.306 e. The average Bonchev–Trinajstić information content (AvgIpc) is 2.42. The number of carboxylic acids is 1. The largest absolute Gasteiger partial charge is 0.481 e. The Morgan fingerprint density at radius 2 is 2.00 bits per heavy atom. The number of hydrogen-bond acceptors (Lipinski definition) is 3. The highest BCUT2D eigenvalue weighted by molar-refractivity contribution is 7.90. The second-order valence-corrected chi connectivity index (χ2v) is 6.85. The fourth-order valence-electron chi connectivity index (χ4n) is 2.12. The van der Waals surface area contributed by atoms with Crippen LogP contribution in [0.5, 0.6) is 0 Å². The Kier molecular flexibility index (Phi) is 4.70. The summed E-state index contributed by atoms with van der Waals surface area (Å²) in [6.07, 6.45) is 0.471. The molecule has 1 fully saturated rings. The molecule has 6 nitrogen and oxygen atoms in total. The van der Waals surface area contributed by atoms with Crippen molar-refractivity contribution in [2.45, 2.75) is 12.8 Å². The molecule has 0 saturated carbocycles. The quantitative estimate of drug-likeness (QED) is 0.879. The van der Waals surface area contributed by atoms with Crippen molar-refractivity contribution in [2.24, 2.45) is 5.92 Å². The Balaban J connectivity index is 2.07. The van der Waals surface area contributed by atoms with Gasteiger partial charge in [-0.15, -0.1) is 0 Å². The van der Waals surface area contributed by atoms with Gasteiger partial charge in [-0.2, -0.15) is 12.7 Å². The van der Waals surface area contributed by atoms with Crippen molar-refractivity contribution in [3.05, 3.63) is 29.0 Å². The number of nitrogens with one attached hydrogen (secondary N) is 1. The SMILES string of the molecule is O=C(O)C1CCN(S(=O)(=O)Nc2ccc(Cl)cc2F)CC1. The van der Waals surface area contributed by atoms with Gasteiger partial charge in [-0.3, -0.25) is 9.52 Å². The van der Waals surface area contributed by atoms with Gasteiger partial charge in [0.2, 0.25) is 0 Å². The topological polar surface area (TPSA) is 86.7 Å². The zero-order valence-corrected chi connectivity index (χ0v) is 12.5. The number of rotatable bonds is 4. The Labute approximate surface area is 126 Å². The van der Waals surface area contributed by atoms with E-state index < -0.39 is 27.9 Å². The molecule has 1 aromatic rings. The van der Waals surface area contributed by atoms with E-state index in [1.807, 2.05) is 0 Å². The number of halogens is 2. The Bertz CT molecular complexity index is 645. The maximum absolute atomic E-state index is 13.6. The second kappa shape index (κ2) is 6.17. The average molecular weight is 337 g/mol. The summed E-state index contributed by atoms with van der Waals surface area (Å²) >= 11 is 5.60. The van der Waals surface area contributed by atoms with Crippen molar-refractivity contribution in [1.29, 1.82) is 0 Å². The van der Waals surface area contributed by atoms with Crippen LogP contribution in [0.3, 0.4) is 0 Å². The molecule has 2 N–H and O–H groups in total. The molecule has 0 radical (unpaired) electrons. The summed E-state index contributed by atoms with van der Waals surface area (Å²) in [7, 11) is -3.91. The van der Waals surface area contributed by atoms with Crippen molar-refractivity contribution in [3.8, 4) is 0 Å². The lowest BCUT2D eigenvalue weighted by molar-refractivity contribution is -0.142. The highest BCUT2D eigenvalue weighted by Crippen LogP contribution is 2.23. The number of aliphatic carboxylic acids is 1. The minimum Gasteiger partial charge on any atom is -0.481 e. The molecule has 1 saturated heterocycles. The molecule has 1 heterocycles. The highest BCUT2D eigenvalue weighted by Gasteiger charge is 2.31. The van der Waals surface area contributed by atoms with E-state index in [1.54, 1.807) is 0 Å². The molecule has 0 bridgehead atoms. The van der Waals surface area contributed by atoms with Crippen LogP contribution in [0, 0.1) is 11.7 Å². The molecule has 21 heavy (non-hydrogen) atoms. The van der Waals surface area contributed by atoms with E-state index in [2.05, 4.69) is 4.72 Å². The first-order valence-corrected chi connectivity index (χ1v) is 8.07. The first-order chi connectivity index (χ1) is 9.79. The highest BCUT2D eigenvalue weighted by atomic mass is 35.5. The van der Waals surface area contributed by atoms with Crippen molar-refractivity contribution in [2.75, 3.05) is 17.8 Å². The van der Waals surface area contributed by atoms with Crippen molar-refractivity contribution >= 4 is 33.5 Å². The molecule has 9 heteroatoms. The molecular formula is C12H14ClFN2O4S. The van der Waals surface area contributed by atoms with Crippen LogP contribution >= 0.6 is 11.6 Å². The van der Waals surface area contributed by atoms with Gasteiger partial charge in [0.1, 0.15) is 5.82 Å². The van der Waals surface area contributed by atoms with Crippen molar-refractivity contribution < 1.29 is 22.7 Å². The zero-order valence-electron chi connectivity index (χ0n) is 10.9. The second-order valence-electron chi connectivity index (χ2n) is 4.74. The molecule has 2 rings (SSSR count). The molecule has 116 valence electrons. The maximum Gasteiger partial charge on any atom is 0.306 e. The van der Waals surface area contributed by atoms with Crippen LogP contribution < -0.4 is 4.72 Å². The normalized spacial score (nSPS) is 17.6. The molecule has 0 aliphatic carbocycles. The van der Waals surface area contributed by atoms with E-state index in [9.17, 15) is 17.6 Å². The molecule has 0 amide bonds. The van der Waals surface area contributed by atoms with Crippen LogP contribution in [0.4, 0.5) is 10.1 Å². The molecule has 0 spiro atoms. The summed E-state index contributed by atoms with van der Waals surface area (Å²) in [5.74, 6) is -2.24. The molecule has 0 atom stereocenters. The summed E-state index contributed by atoms with van der Waals surface area (Å²) in [5, 5.41) is 9.04. The molecule has 0 unspecified atom stereocenters. The first kappa shape index (κ1) is 16.0. The third-order valence-corrected chi connectivity index (χ3v) is 5.07. The lowest BCUT2D eigenvalue weighted by Crippen LogP contribution is -2.43. The van der Waals surface area contributed by atoms with E-state index in [0.717, 1.165) is 10.4 Å². The minimum atomic E-state index is -3.91. The van der Waals surface area contributed by atoms with E-state index in [4.69, 9.17) is 16.7 Å². The number of benzene rings is 1. The van der Waals surface area contributed by atoms with Crippen LogP contribution in [-0.2, 0) is 15.0 Å². The molecule has 1 aliphatic heterocycles. The van der Waals surface area contributed by atoms with Gasteiger partial charge in [0.15, 0.2) is 0 Å². The summed E-state index contributed by atoms with van der Waals surface area (Å²) in [6, 6.07) is 3.62. The lowest BCUT2D eigenvalue weighted by atomic mass is 9.99. The van der Waals surface area contributed by atoms with Crippen LogP contribution in [0.2, 0.25) is 5.02 Å². The minimum absolute atomic E-state index is 0.0848. The fourth-order valence-corrected chi connectivity index (χ4v) is 3.54. The predicted molar refractivity (Wildman–Crippen MR) is 75.9 cm³/mol. The van der Waals surface area contributed by atoms with Gasteiger partial charge in [0, 0.05) is 18.1 Å².